The lowest BCUT2D eigenvalue weighted by Crippen LogP contribution is -2.05. The first-order valence-corrected chi connectivity index (χ1v) is 8.14. The van der Waals surface area contributed by atoms with Crippen LogP contribution in [0.1, 0.15) is 5.56 Å². The van der Waals surface area contributed by atoms with E-state index in [1.807, 2.05) is 29.0 Å². The fourth-order valence-corrected chi connectivity index (χ4v) is 2.56. The minimum Gasteiger partial charge on any atom is -0.361 e. The molecular weight excluding hydrogens is 292 g/mol. The van der Waals surface area contributed by atoms with Gasteiger partial charge in [0.05, 0.1) is 12.9 Å². The van der Waals surface area contributed by atoms with Gasteiger partial charge in [0.25, 0.3) is 10.1 Å². The van der Waals surface area contributed by atoms with Crippen LogP contribution in [0.15, 0.2) is 37.1 Å². The number of rotatable bonds is 5. The van der Waals surface area contributed by atoms with Gasteiger partial charge in [0.15, 0.2) is 0 Å². The Labute approximate surface area is 121 Å². The molecule has 0 saturated heterocycles. The molecule has 0 atom stereocenters. The molecule has 8 heteroatoms. The van der Waals surface area contributed by atoms with E-state index in [4.69, 9.17) is 4.18 Å². The summed E-state index contributed by atoms with van der Waals surface area (Å²) in [6, 6.07) is 5.93. The van der Waals surface area contributed by atoms with E-state index in [0.717, 1.165) is 28.4 Å². The number of benzene rings is 1. The summed E-state index contributed by atoms with van der Waals surface area (Å²) in [6.45, 7) is 0.128. The van der Waals surface area contributed by atoms with E-state index >= 15 is 0 Å². The number of H-pyrrole nitrogens is 1. The average Bonchev–Trinajstić information content (AvgIpc) is 3.06. The highest BCUT2D eigenvalue weighted by Gasteiger charge is 2.08. The number of fused-ring (bicyclic) bond motifs is 1. The van der Waals surface area contributed by atoms with Crippen molar-refractivity contribution in [3.05, 3.63) is 42.6 Å². The number of nitrogens with zero attached hydrogens (tertiary/aromatic N) is 3. The Kier molecular flexibility index (Phi) is 3.48. The molecule has 0 aliphatic heterocycles. The molecule has 3 rings (SSSR count). The monoisotopic (exact) mass is 306 g/mol. The Morgan fingerprint density at radius 1 is 1.29 bits per heavy atom. The summed E-state index contributed by atoms with van der Waals surface area (Å²) in [4.78, 5) is 3.16. The van der Waals surface area contributed by atoms with Crippen LogP contribution >= 0.6 is 0 Å². The summed E-state index contributed by atoms with van der Waals surface area (Å²) >= 11 is 0. The van der Waals surface area contributed by atoms with Crippen molar-refractivity contribution in [3.63, 3.8) is 0 Å². The molecule has 3 aromatic rings. The predicted molar refractivity (Wildman–Crippen MR) is 77.7 cm³/mol. The molecule has 0 saturated carbocycles. The minimum atomic E-state index is -3.41. The summed E-state index contributed by atoms with van der Waals surface area (Å²) in [6.07, 6.45) is 6.68. The van der Waals surface area contributed by atoms with E-state index in [1.165, 1.54) is 0 Å². The molecule has 0 aliphatic rings. The van der Waals surface area contributed by atoms with Crippen molar-refractivity contribution < 1.29 is 12.6 Å². The summed E-state index contributed by atoms with van der Waals surface area (Å²) in [7, 11) is -3.41. The third-order valence-corrected chi connectivity index (χ3v) is 3.73. The molecule has 0 radical (unpaired) electrons. The van der Waals surface area contributed by atoms with E-state index in [-0.39, 0.29) is 6.61 Å². The van der Waals surface area contributed by atoms with Gasteiger partial charge >= 0.3 is 0 Å². The lowest BCUT2D eigenvalue weighted by molar-refractivity contribution is 0.326. The van der Waals surface area contributed by atoms with Gasteiger partial charge in [0, 0.05) is 22.8 Å². The maximum atomic E-state index is 11.0. The normalized spacial score (nSPS) is 12.0. The van der Waals surface area contributed by atoms with Crippen LogP contribution in [0.3, 0.4) is 0 Å². The third-order valence-electron chi connectivity index (χ3n) is 3.14. The SMILES string of the molecule is CS(=O)(=O)OCCc1c[nH]c2ccc(-n3cnnc3)cc12. The van der Waals surface area contributed by atoms with E-state index in [2.05, 4.69) is 15.2 Å². The van der Waals surface area contributed by atoms with Crippen molar-refractivity contribution >= 4 is 21.0 Å². The molecule has 21 heavy (non-hydrogen) atoms. The van der Waals surface area contributed by atoms with Crippen LogP contribution < -0.4 is 0 Å². The molecule has 0 amide bonds. The number of hydrogen-bond donors (Lipinski definition) is 1. The van der Waals surface area contributed by atoms with Crippen molar-refractivity contribution in [2.24, 2.45) is 0 Å². The lowest BCUT2D eigenvalue weighted by Gasteiger charge is -2.03. The highest BCUT2D eigenvalue weighted by molar-refractivity contribution is 7.85. The molecular formula is C13H14N4O3S. The van der Waals surface area contributed by atoms with Crippen molar-refractivity contribution in [2.75, 3.05) is 12.9 Å². The fourth-order valence-electron chi connectivity index (χ4n) is 2.17. The quantitative estimate of drug-likeness (QED) is 0.717. The molecule has 110 valence electrons. The molecule has 0 bridgehead atoms. The van der Waals surface area contributed by atoms with Crippen LogP contribution in [0.25, 0.3) is 16.6 Å². The van der Waals surface area contributed by atoms with Crippen LogP contribution in [0.2, 0.25) is 0 Å². The van der Waals surface area contributed by atoms with Crippen molar-refractivity contribution in [1.29, 1.82) is 0 Å². The van der Waals surface area contributed by atoms with Gasteiger partial charge in [-0.25, -0.2) is 0 Å². The second-order valence-electron chi connectivity index (χ2n) is 4.69. The summed E-state index contributed by atoms with van der Waals surface area (Å²) in [5.74, 6) is 0. The zero-order valence-corrected chi connectivity index (χ0v) is 12.2. The summed E-state index contributed by atoms with van der Waals surface area (Å²) in [5.41, 5.74) is 2.93. The molecule has 1 aromatic carbocycles. The number of hydrogen-bond acceptors (Lipinski definition) is 5. The van der Waals surface area contributed by atoms with Crippen LogP contribution in [0, 0.1) is 0 Å². The maximum Gasteiger partial charge on any atom is 0.264 e. The van der Waals surface area contributed by atoms with Crippen LogP contribution in [-0.2, 0) is 20.7 Å². The number of nitrogens with one attached hydrogen (secondary N) is 1. The first-order chi connectivity index (χ1) is 10.0. The highest BCUT2D eigenvalue weighted by atomic mass is 32.2. The molecule has 0 aliphatic carbocycles. The van der Waals surface area contributed by atoms with Gasteiger partial charge in [-0.3, -0.25) is 8.75 Å². The van der Waals surface area contributed by atoms with Gasteiger partial charge in [-0.1, -0.05) is 0 Å². The van der Waals surface area contributed by atoms with Crippen LogP contribution in [-0.4, -0.2) is 41.0 Å². The second kappa shape index (κ2) is 5.30. The van der Waals surface area contributed by atoms with E-state index in [0.29, 0.717) is 6.42 Å². The van der Waals surface area contributed by atoms with E-state index < -0.39 is 10.1 Å². The molecule has 7 nitrogen and oxygen atoms in total. The van der Waals surface area contributed by atoms with E-state index in [9.17, 15) is 8.42 Å². The van der Waals surface area contributed by atoms with E-state index in [1.54, 1.807) is 12.7 Å². The Bertz CT molecular complexity index is 853. The van der Waals surface area contributed by atoms with Crippen molar-refractivity contribution in [3.8, 4) is 5.69 Å². The Hall–Kier alpha value is -2.19. The standard InChI is InChI=1S/C13H14N4O3S/c1-21(18,19)20-5-4-10-7-14-13-3-2-11(6-12(10)13)17-8-15-16-9-17/h2-3,6-9,14H,4-5H2,1H3. The highest BCUT2D eigenvalue weighted by Crippen LogP contribution is 2.22. The molecule has 1 N–H and O–H groups in total. The third kappa shape index (κ3) is 3.11. The van der Waals surface area contributed by atoms with Gasteiger partial charge in [-0.2, -0.15) is 8.42 Å². The topological polar surface area (TPSA) is 89.9 Å². The Morgan fingerprint density at radius 3 is 2.76 bits per heavy atom. The Morgan fingerprint density at radius 2 is 2.05 bits per heavy atom. The van der Waals surface area contributed by atoms with Gasteiger partial charge in [-0.05, 0) is 30.2 Å². The summed E-state index contributed by atoms with van der Waals surface area (Å²) in [5, 5.41) is 8.59. The number of aromatic amines is 1. The molecule has 0 unspecified atom stereocenters. The van der Waals surface area contributed by atoms with Gasteiger partial charge < -0.3 is 4.98 Å². The largest absolute Gasteiger partial charge is 0.361 e. The smallest absolute Gasteiger partial charge is 0.264 e. The molecule has 2 aromatic heterocycles. The first-order valence-electron chi connectivity index (χ1n) is 6.32. The maximum absolute atomic E-state index is 11.0. The second-order valence-corrected chi connectivity index (χ2v) is 6.33. The van der Waals surface area contributed by atoms with Gasteiger partial charge in [0.2, 0.25) is 0 Å². The molecule has 2 heterocycles. The fraction of sp³-hybridized carbons (Fsp3) is 0.231. The summed E-state index contributed by atoms with van der Waals surface area (Å²) < 4.78 is 28.6. The van der Waals surface area contributed by atoms with Gasteiger partial charge in [-0.15, -0.1) is 10.2 Å². The molecule has 0 fully saturated rings. The zero-order valence-electron chi connectivity index (χ0n) is 11.4. The first kappa shape index (κ1) is 13.8. The molecule has 0 spiro atoms. The Balaban J connectivity index is 1.88. The van der Waals surface area contributed by atoms with Crippen molar-refractivity contribution in [1.82, 2.24) is 19.7 Å². The average molecular weight is 306 g/mol. The van der Waals surface area contributed by atoms with Crippen molar-refractivity contribution in [2.45, 2.75) is 6.42 Å². The number of aromatic nitrogens is 4. The lowest BCUT2D eigenvalue weighted by atomic mass is 10.1. The predicted octanol–water partition coefficient (Wildman–Crippen LogP) is 1.27. The zero-order chi connectivity index (χ0) is 14.9. The minimum absolute atomic E-state index is 0.128. The van der Waals surface area contributed by atoms with Crippen LogP contribution in [0.4, 0.5) is 0 Å². The van der Waals surface area contributed by atoms with Crippen LogP contribution in [0.5, 0.6) is 0 Å². The van der Waals surface area contributed by atoms with Gasteiger partial charge in [0.1, 0.15) is 12.7 Å².